The first kappa shape index (κ1) is 26.4. The van der Waals surface area contributed by atoms with Crippen LogP contribution in [0, 0.1) is 16.2 Å². The molecule has 0 aromatic carbocycles. The highest BCUT2D eigenvalue weighted by atomic mass is 15.3. The highest BCUT2D eigenvalue weighted by Crippen LogP contribution is 2.25. The van der Waals surface area contributed by atoms with Crippen molar-refractivity contribution in [2.24, 2.45) is 16.2 Å². The first-order chi connectivity index (χ1) is 13.9. The van der Waals surface area contributed by atoms with E-state index in [4.69, 9.17) is 0 Å². The van der Waals surface area contributed by atoms with E-state index >= 15 is 0 Å². The van der Waals surface area contributed by atoms with Crippen molar-refractivity contribution in [2.75, 3.05) is 35.6 Å². The molecule has 0 aliphatic heterocycles. The summed E-state index contributed by atoms with van der Waals surface area (Å²) in [5, 5.41) is 10.4. The number of rotatable bonds is 15. The van der Waals surface area contributed by atoms with E-state index in [-0.39, 0.29) is 16.2 Å². The monoisotopic (exact) mass is 420 g/mol. The molecule has 3 N–H and O–H groups in total. The molecule has 0 radical (unpaired) electrons. The van der Waals surface area contributed by atoms with E-state index in [1.54, 1.807) is 0 Å². The molecule has 0 bridgehead atoms. The van der Waals surface area contributed by atoms with Gasteiger partial charge in [-0.2, -0.15) is 15.0 Å². The first-order valence-corrected chi connectivity index (χ1v) is 11.9. The lowest BCUT2D eigenvalue weighted by molar-refractivity contribution is 0.352. The number of hydrogen-bond donors (Lipinski definition) is 3. The molecule has 0 saturated heterocycles. The van der Waals surface area contributed by atoms with Gasteiger partial charge in [0.2, 0.25) is 17.8 Å². The predicted octanol–water partition coefficient (Wildman–Crippen LogP) is 6.59. The summed E-state index contributed by atoms with van der Waals surface area (Å²) in [6.07, 6.45) is 7.01. The fourth-order valence-corrected chi connectivity index (χ4v) is 3.86. The normalized spacial score (nSPS) is 12.7. The van der Waals surface area contributed by atoms with Crippen LogP contribution in [0.3, 0.4) is 0 Å². The van der Waals surface area contributed by atoms with Crippen LogP contribution in [0.25, 0.3) is 0 Å². The van der Waals surface area contributed by atoms with E-state index in [2.05, 4.69) is 93.2 Å². The van der Waals surface area contributed by atoms with Crippen molar-refractivity contribution in [1.29, 1.82) is 0 Å². The molecular weight excluding hydrogens is 372 g/mol. The summed E-state index contributed by atoms with van der Waals surface area (Å²) >= 11 is 0. The average Bonchev–Trinajstić information content (AvgIpc) is 2.63. The Morgan fingerprint density at radius 2 is 0.733 bits per heavy atom. The number of nitrogens with one attached hydrogen (secondary N) is 3. The zero-order valence-corrected chi connectivity index (χ0v) is 21.2. The van der Waals surface area contributed by atoms with Crippen LogP contribution in [0.4, 0.5) is 17.8 Å². The molecule has 0 atom stereocenters. The van der Waals surface area contributed by atoms with E-state index in [0.29, 0.717) is 17.8 Å². The van der Waals surface area contributed by atoms with E-state index < -0.39 is 0 Å². The minimum absolute atomic E-state index is 0.203. The van der Waals surface area contributed by atoms with Gasteiger partial charge in [0, 0.05) is 19.6 Å². The maximum atomic E-state index is 4.66. The van der Waals surface area contributed by atoms with Gasteiger partial charge in [-0.05, 0) is 35.5 Å². The quantitative estimate of drug-likeness (QED) is 0.297. The van der Waals surface area contributed by atoms with Crippen molar-refractivity contribution in [3.05, 3.63) is 0 Å². The van der Waals surface area contributed by atoms with Gasteiger partial charge < -0.3 is 16.0 Å². The summed E-state index contributed by atoms with van der Waals surface area (Å²) in [7, 11) is 0. The van der Waals surface area contributed by atoms with Crippen LogP contribution in [0.5, 0.6) is 0 Å². The summed E-state index contributed by atoms with van der Waals surface area (Å²) in [6.45, 7) is 22.9. The van der Waals surface area contributed by atoms with Crippen molar-refractivity contribution in [3.8, 4) is 0 Å². The molecule has 0 unspecified atom stereocenters. The zero-order chi connectivity index (χ0) is 22.8. The number of nitrogens with zero attached hydrogens (tertiary/aromatic N) is 3. The fraction of sp³-hybridized carbons (Fsp3) is 0.875. The van der Waals surface area contributed by atoms with Crippen LogP contribution in [0.1, 0.15) is 101 Å². The van der Waals surface area contributed by atoms with Gasteiger partial charge >= 0.3 is 0 Å². The number of anilines is 3. The number of hydrogen-bond acceptors (Lipinski definition) is 6. The Morgan fingerprint density at radius 1 is 0.500 bits per heavy atom. The Bertz CT molecular complexity index is 526. The molecule has 1 rings (SSSR count). The topological polar surface area (TPSA) is 74.8 Å². The minimum atomic E-state index is 0.203. The van der Waals surface area contributed by atoms with Crippen LogP contribution >= 0.6 is 0 Å². The van der Waals surface area contributed by atoms with Gasteiger partial charge in [-0.1, -0.05) is 81.6 Å². The standard InChI is InChI=1S/C24H48N6/c1-10-13-22(4,5)16-25-19-28-20(26-17-23(6,7)14-11-2)30-21(29-19)27-18-24(8,9)15-12-3/h10-18H2,1-9H3,(H3,25,26,27,28,29,30). The lowest BCUT2D eigenvalue weighted by Gasteiger charge is -2.26. The average molecular weight is 421 g/mol. The van der Waals surface area contributed by atoms with Crippen LogP contribution in [-0.4, -0.2) is 34.6 Å². The third-order valence-electron chi connectivity index (χ3n) is 5.59. The van der Waals surface area contributed by atoms with Crippen LogP contribution in [-0.2, 0) is 0 Å². The molecule has 174 valence electrons. The molecule has 0 fully saturated rings. The van der Waals surface area contributed by atoms with Crippen LogP contribution in [0.15, 0.2) is 0 Å². The second-order valence-electron chi connectivity index (χ2n) is 11.1. The molecule has 0 amide bonds. The van der Waals surface area contributed by atoms with Gasteiger partial charge in [0.25, 0.3) is 0 Å². The molecule has 0 spiro atoms. The number of aromatic nitrogens is 3. The molecular formula is C24H48N6. The Morgan fingerprint density at radius 3 is 0.933 bits per heavy atom. The van der Waals surface area contributed by atoms with Gasteiger partial charge in [-0.3, -0.25) is 0 Å². The molecule has 1 aromatic rings. The lowest BCUT2D eigenvalue weighted by Crippen LogP contribution is -2.27. The third-order valence-corrected chi connectivity index (χ3v) is 5.59. The van der Waals surface area contributed by atoms with Gasteiger partial charge in [0.1, 0.15) is 0 Å². The van der Waals surface area contributed by atoms with Crippen molar-refractivity contribution in [2.45, 2.75) is 101 Å². The molecule has 6 nitrogen and oxygen atoms in total. The molecule has 0 saturated carbocycles. The zero-order valence-electron chi connectivity index (χ0n) is 21.2. The Kier molecular flexibility index (Phi) is 10.3. The minimum Gasteiger partial charge on any atom is -0.353 e. The van der Waals surface area contributed by atoms with Crippen molar-refractivity contribution in [3.63, 3.8) is 0 Å². The summed E-state index contributed by atoms with van der Waals surface area (Å²) in [6, 6.07) is 0. The molecule has 0 aliphatic rings. The summed E-state index contributed by atoms with van der Waals surface area (Å²) < 4.78 is 0. The third kappa shape index (κ3) is 10.4. The van der Waals surface area contributed by atoms with Crippen molar-refractivity contribution >= 4 is 17.8 Å². The van der Waals surface area contributed by atoms with E-state index in [1.807, 2.05) is 0 Å². The lowest BCUT2D eigenvalue weighted by atomic mass is 9.88. The van der Waals surface area contributed by atoms with Gasteiger partial charge in [0.15, 0.2) is 0 Å². The molecule has 0 aliphatic carbocycles. The molecule has 6 heteroatoms. The van der Waals surface area contributed by atoms with Crippen LogP contribution < -0.4 is 16.0 Å². The predicted molar refractivity (Wildman–Crippen MR) is 131 cm³/mol. The second kappa shape index (κ2) is 11.7. The second-order valence-corrected chi connectivity index (χ2v) is 11.1. The maximum Gasteiger partial charge on any atom is 0.229 e. The maximum absolute atomic E-state index is 4.66. The van der Waals surface area contributed by atoms with E-state index in [1.165, 1.54) is 19.3 Å². The molecule has 1 heterocycles. The van der Waals surface area contributed by atoms with Crippen molar-refractivity contribution in [1.82, 2.24) is 15.0 Å². The van der Waals surface area contributed by atoms with Gasteiger partial charge in [-0.15, -0.1) is 0 Å². The highest BCUT2D eigenvalue weighted by molar-refractivity contribution is 5.42. The van der Waals surface area contributed by atoms with Crippen LogP contribution in [0.2, 0.25) is 0 Å². The fourth-order valence-electron chi connectivity index (χ4n) is 3.86. The largest absolute Gasteiger partial charge is 0.353 e. The summed E-state index contributed by atoms with van der Waals surface area (Å²) in [5.74, 6) is 1.92. The van der Waals surface area contributed by atoms with Crippen molar-refractivity contribution < 1.29 is 0 Å². The first-order valence-electron chi connectivity index (χ1n) is 11.9. The summed E-state index contributed by atoms with van der Waals surface area (Å²) in [5.41, 5.74) is 0.610. The molecule has 30 heavy (non-hydrogen) atoms. The van der Waals surface area contributed by atoms with Gasteiger partial charge in [-0.25, -0.2) is 0 Å². The Balaban J connectivity index is 2.96. The SMILES string of the molecule is CCCC(C)(C)CNc1nc(NCC(C)(C)CCC)nc(NCC(C)(C)CCC)n1. The van der Waals surface area contributed by atoms with E-state index in [9.17, 15) is 0 Å². The van der Waals surface area contributed by atoms with Gasteiger partial charge in [0.05, 0.1) is 0 Å². The summed E-state index contributed by atoms with van der Waals surface area (Å²) in [4.78, 5) is 14.0. The highest BCUT2D eigenvalue weighted by Gasteiger charge is 2.21. The van der Waals surface area contributed by atoms with E-state index in [0.717, 1.165) is 38.9 Å². The Labute approximate surface area is 185 Å². The smallest absolute Gasteiger partial charge is 0.229 e. The Hall–Kier alpha value is -1.59. The molecule has 1 aromatic heterocycles.